The van der Waals surface area contributed by atoms with Gasteiger partial charge in [-0.15, -0.1) is 0 Å². The molecule has 0 heterocycles. The first-order valence-electron chi connectivity index (χ1n) is 5.47. The van der Waals surface area contributed by atoms with E-state index in [0.29, 0.717) is 0 Å². The van der Waals surface area contributed by atoms with Crippen molar-refractivity contribution in [3.05, 3.63) is 29.8 Å². The van der Waals surface area contributed by atoms with Crippen LogP contribution in [0.5, 0.6) is 0 Å². The van der Waals surface area contributed by atoms with E-state index in [4.69, 9.17) is 5.73 Å². The highest BCUT2D eigenvalue weighted by Crippen LogP contribution is 2.23. The number of rotatable bonds is 2. The van der Waals surface area contributed by atoms with Gasteiger partial charge in [-0.05, 0) is 30.0 Å². The first-order chi connectivity index (χ1) is 7.30. The fourth-order valence-corrected chi connectivity index (χ4v) is 1.31. The summed E-state index contributed by atoms with van der Waals surface area (Å²) in [6.45, 7) is 8.13. The number of hydrogen-bond donors (Lipinski definition) is 2. The van der Waals surface area contributed by atoms with Crippen LogP contribution in [0.3, 0.4) is 0 Å². The summed E-state index contributed by atoms with van der Waals surface area (Å²) >= 11 is 0. The van der Waals surface area contributed by atoms with Gasteiger partial charge in [0.25, 0.3) is 0 Å². The lowest BCUT2D eigenvalue weighted by Crippen LogP contribution is -2.32. The van der Waals surface area contributed by atoms with Crippen molar-refractivity contribution >= 4 is 11.6 Å². The molecule has 0 saturated heterocycles. The molecule has 88 valence electrons. The van der Waals surface area contributed by atoms with Crippen molar-refractivity contribution in [2.75, 3.05) is 5.32 Å². The molecule has 0 fully saturated rings. The van der Waals surface area contributed by atoms with Crippen LogP contribution in [-0.4, -0.2) is 11.9 Å². The lowest BCUT2D eigenvalue weighted by atomic mass is 9.87. The molecule has 16 heavy (non-hydrogen) atoms. The summed E-state index contributed by atoms with van der Waals surface area (Å²) in [7, 11) is 0. The van der Waals surface area contributed by atoms with Gasteiger partial charge in [-0.25, -0.2) is 0 Å². The van der Waals surface area contributed by atoms with Gasteiger partial charge >= 0.3 is 0 Å². The van der Waals surface area contributed by atoms with E-state index in [2.05, 4.69) is 26.1 Å². The zero-order chi connectivity index (χ0) is 12.3. The van der Waals surface area contributed by atoms with E-state index in [1.807, 2.05) is 24.3 Å². The van der Waals surface area contributed by atoms with E-state index in [1.54, 1.807) is 6.92 Å². The number of amides is 1. The lowest BCUT2D eigenvalue weighted by Gasteiger charge is -2.19. The molecule has 0 aliphatic heterocycles. The third kappa shape index (κ3) is 3.35. The predicted octanol–water partition coefficient (Wildman–Crippen LogP) is 2.27. The monoisotopic (exact) mass is 220 g/mol. The van der Waals surface area contributed by atoms with Crippen molar-refractivity contribution in [3.63, 3.8) is 0 Å². The van der Waals surface area contributed by atoms with Crippen molar-refractivity contribution in [2.24, 2.45) is 5.73 Å². The number of anilines is 1. The summed E-state index contributed by atoms with van der Waals surface area (Å²) in [5.74, 6) is -0.163. The summed E-state index contributed by atoms with van der Waals surface area (Å²) in [5.41, 5.74) is 7.63. The SMILES string of the molecule is CC(N)C(=O)Nc1ccc(C(C)(C)C)cc1. The maximum atomic E-state index is 11.4. The minimum Gasteiger partial charge on any atom is -0.325 e. The van der Waals surface area contributed by atoms with Crippen LogP contribution < -0.4 is 11.1 Å². The second-order valence-corrected chi connectivity index (χ2v) is 5.11. The summed E-state index contributed by atoms with van der Waals surface area (Å²) in [5, 5.41) is 2.76. The van der Waals surface area contributed by atoms with E-state index >= 15 is 0 Å². The predicted molar refractivity (Wildman–Crippen MR) is 67.4 cm³/mol. The highest BCUT2D eigenvalue weighted by molar-refractivity contribution is 5.94. The number of hydrogen-bond acceptors (Lipinski definition) is 2. The normalized spacial score (nSPS) is 13.3. The fraction of sp³-hybridized carbons (Fsp3) is 0.462. The Hall–Kier alpha value is -1.35. The maximum Gasteiger partial charge on any atom is 0.240 e. The number of carbonyl (C=O) groups excluding carboxylic acids is 1. The zero-order valence-corrected chi connectivity index (χ0v) is 10.4. The first-order valence-corrected chi connectivity index (χ1v) is 5.47. The summed E-state index contributed by atoms with van der Waals surface area (Å²) in [6.07, 6.45) is 0. The molecule has 1 aromatic carbocycles. The van der Waals surface area contributed by atoms with Crippen LogP contribution >= 0.6 is 0 Å². The molecule has 3 nitrogen and oxygen atoms in total. The molecular formula is C13H20N2O. The molecule has 0 aliphatic carbocycles. The Balaban J connectivity index is 2.76. The molecule has 1 atom stereocenters. The molecular weight excluding hydrogens is 200 g/mol. The molecule has 1 aromatic rings. The highest BCUT2D eigenvalue weighted by atomic mass is 16.2. The van der Waals surface area contributed by atoms with Crippen LogP contribution in [0.15, 0.2) is 24.3 Å². The van der Waals surface area contributed by atoms with Gasteiger partial charge in [-0.2, -0.15) is 0 Å². The van der Waals surface area contributed by atoms with E-state index in [0.717, 1.165) is 5.69 Å². The molecule has 1 rings (SSSR count). The van der Waals surface area contributed by atoms with E-state index in [9.17, 15) is 4.79 Å². The number of nitrogens with one attached hydrogen (secondary N) is 1. The van der Waals surface area contributed by atoms with Crippen LogP contribution in [0.25, 0.3) is 0 Å². The molecule has 0 aliphatic rings. The van der Waals surface area contributed by atoms with Gasteiger partial charge in [0.05, 0.1) is 6.04 Å². The molecule has 1 unspecified atom stereocenters. The standard InChI is InChI=1S/C13H20N2O/c1-9(14)12(16)15-11-7-5-10(6-8-11)13(2,3)4/h5-9H,14H2,1-4H3,(H,15,16). The second kappa shape index (κ2) is 4.66. The summed E-state index contributed by atoms with van der Waals surface area (Å²) < 4.78 is 0. The summed E-state index contributed by atoms with van der Waals surface area (Å²) in [4.78, 5) is 11.4. The number of carbonyl (C=O) groups is 1. The van der Waals surface area contributed by atoms with Crippen LogP contribution in [-0.2, 0) is 10.2 Å². The number of benzene rings is 1. The van der Waals surface area contributed by atoms with Gasteiger partial charge in [-0.3, -0.25) is 4.79 Å². The average Bonchev–Trinajstić information content (AvgIpc) is 2.17. The van der Waals surface area contributed by atoms with E-state index in [-0.39, 0.29) is 11.3 Å². The van der Waals surface area contributed by atoms with Crippen molar-refractivity contribution < 1.29 is 4.79 Å². The smallest absolute Gasteiger partial charge is 0.240 e. The van der Waals surface area contributed by atoms with Gasteiger partial charge in [0.2, 0.25) is 5.91 Å². The van der Waals surface area contributed by atoms with Crippen molar-refractivity contribution in [3.8, 4) is 0 Å². The molecule has 0 radical (unpaired) electrons. The molecule has 0 aromatic heterocycles. The van der Waals surface area contributed by atoms with Gasteiger partial charge in [0, 0.05) is 5.69 Å². The average molecular weight is 220 g/mol. The Morgan fingerprint density at radius 1 is 1.25 bits per heavy atom. The zero-order valence-electron chi connectivity index (χ0n) is 10.4. The Labute approximate surface area is 97.0 Å². The summed E-state index contributed by atoms with van der Waals surface area (Å²) in [6, 6.07) is 7.37. The Morgan fingerprint density at radius 2 is 1.75 bits per heavy atom. The van der Waals surface area contributed by atoms with Crippen LogP contribution in [0.1, 0.15) is 33.3 Å². The minimum absolute atomic E-state index is 0.129. The third-order valence-electron chi connectivity index (χ3n) is 2.43. The molecule has 0 bridgehead atoms. The Kier molecular flexibility index (Phi) is 3.70. The van der Waals surface area contributed by atoms with Gasteiger partial charge in [-0.1, -0.05) is 32.9 Å². The third-order valence-corrected chi connectivity index (χ3v) is 2.43. The minimum atomic E-state index is -0.484. The molecule has 3 N–H and O–H groups in total. The topological polar surface area (TPSA) is 55.1 Å². The molecule has 1 amide bonds. The van der Waals surface area contributed by atoms with Gasteiger partial charge in [0.1, 0.15) is 0 Å². The molecule has 0 spiro atoms. The lowest BCUT2D eigenvalue weighted by molar-refractivity contribution is -0.117. The largest absolute Gasteiger partial charge is 0.325 e. The molecule has 0 saturated carbocycles. The first kappa shape index (κ1) is 12.7. The van der Waals surface area contributed by atoms with Crippen LogP contribution in [0.2, 0.25) is 0 Å². The molecule has 3 heteroatoms. The van der Waals surface area contributed by atoms with E-state index in [1.165, 1.54) is 5.56 Å². The van der Waals surface area contributed by atoms with Gasteiger partial charge in [0.15, 0.2) is 0 Å². The van der Waals surface area contributed by atoms with Crippen molar-refractivity contribution in [1.29, 1.82) is 0 Å². The maximum absolute atomic E-state index is 11.4. The van der Waals surface area contributed by atoms with Crippen LogP contribution in [0, 0.1) is 0 Å². The number of nitrogens with two attached hydrogens (primary N) is 1. The van der Waals surface area contributed by atoms with Crippen LogP contribution in [0.4, 0.5) is 5.69 Å². The van der Waals surface area contributed by atoms with E-state index < -0.39 is 6.04 Å². The Morgan fingerprint density at radius 3 is 2.12 bits per heavy atom. The van der Waals surface area contributed by atoms with Crippen molar-refractivity contribution in [2.45, 2.75) is 39.2 Å². The highest BCUT2D eigenvalue weighted by Gasteiger charge is 2.13. The quantitative estimate of drug-likeness (QED) is 0.803. The fourth-order valence-electron chi connectivity index (χ4n) is 1.31. The Bertz CT molecular complexity index is 361. The van der Waals surface area contributed by atoms with Crippen molar-refractivity contribution in [1.82, 2.24) is 0 Å². The van der Waals surface area contributed by atoms with Gasteiger partial charge < -0.3 is 11.1 Å². The second-order valence-electron chi connectivity index (χ2n) is 5.11.